The molecule has 84 heavy (non-hydrogen) atoms. The monoisotopic (exact) mass is 1190 g/mol. The van der Waals surface area contributed by atoms with E-state index in [9.17, 15) is 61.0 Å². The topological polar surface area (TPSA) is 307 Å². The number of carbonyl (C=O) groups is 1. The summed E-state index contributed by atoms with van der Waals surface area (Å²) >= 11 is 0. The highest BCUT2D eigenvalue weighted by Gasteiger charge is 2.53. The summed E-state index contributed by atoms with van der Waals surface area (Å²) < 4.78 is 34.2. The van der Waals surface area contributed by atoms with Crippen molar-refractivity contribution in [1.29, 1.82) is 0 Å². The molecule has 0 aromatic heterocycles. The van der Waals surface area contributed by atoms with Gasteiger partial charge in [0.15, 0.2) is 18.9 Å². The van der Waals surface area contributed by atoms with Crippen molar-refractivity contribution in [1.82, 2.24) is 5.32 Å². The lowest BCUT2D eigenvalue weighted by Gasteiger charge is -2.48. The first-order valence-corrected chi connectivity index (χ1v) is 31.8. The summed E-state index contributed by atoms with van der Waals surface area (Å²) in [5.41, 5.74) is 0. The molecule has 484 valence electrons. The van der Waals surface area contributed by atoms with Crippen molar-refractivity contribution >= 4 is 5.91 Å². The van der Waals surface area contributed by atoms with Crippen molar-refractivity contribution in [2.45, 2.75) is 291 Å². The number of nitrogens with one attached hydrogen (secondary N) is 1. The van der Waals surface area contributed by atoms with E-state index in [1.165, 1.54) is 57.8 Å². The second-order valence-corrected chi connectivity index (χ2v) is 22.5. The van der Waals surface area contributed by atoms with Gasteiger partial charge in [0, 0.05) is 6.42 Å². The quantitative estimate of drug-likeness (QED) is 0.0221. The summed E-state index contributed by atoms with van der Waals surface area (Å²) in [6.07, 6.45) is 31.7. The number of allylic oxidation sites excluding steroid dienone is 13. The van der Waals surface area contributed by atoms with Gasteiger partial charge >= 0.3 is 0 Å². The molecular weight excluding hydrogens is 1080 g/mol. The average Bonchev–Trinajstić information content (AvgIpc) is 2.91. The Balaban J connectivity index is 1.36. The van der Waals surface area contributed by atoms with Gasteiger partial charge in [-0.1, -0.05) is 195 Å². The number of rotatable bonds is 46. The molecule has 0 radical (unpaired) electrons. The summed E-state index contributed by atoms with van der Waals surface area (Å²) in [6, 6.07) is -0.976. The van der Waals surface area contributed by atoms with Crippen LogP contribution in [0.1, 0.15) is 187 Å². The van der Waals surface area contributed by atoms with Crippen LogP contribution in [0.2, 0.25) is 0 Å². The van der Waals surface area contributed by atoms with Gasteiger partial charge in [0.05, 0.1) is 38.6 Å². The van der Waals surface area contributed by atoms with Crippen molar-refractivity contribution in [3.63, 3.8) is 0 Å². The molecule has 3 rings (SSSR count). The molecule has 0 aromatic rings. The molecule has 17 atom stereocenters. The van der Waals surface area contributed by atoms with E-state index in [2.05, 4.69) is 92.1 Å². The first-order valence-electron chi connectivity index (χ1n) is 31.8. The van der Waals surface area contributed by atoms with E-state index >= 15 is 0 Å². The van der Waals surface area contributed by atoms with Gasteiger partial charge in [-0.2, -0.15) is 0 Å². The highest BCUT2D eigenvalue weighted by Crippen LogP contribution is 2.33. The average molecular weight is 1190 g/mol. The third-order valence-electron chi connectivity index (χ3n) is 15.4. The first-order chi connectivity index (χ1) is 40.8. The third kappa shape index (κ3) is 29.8. The summed E-state index contributed by atoms with van der Waals surface area (Å²) in [5, 5.41) is 120. The van der Waals surface area contributed by atoms with E-state index in [1.807, 2.05) is 6.08 Å². The van der Waals surface area contributed by atoms with Crippen molar-refractivity contribution in [2.75, 3.05) is 26.4 Å². The Morgan fingerprint density at radius 1 is 0.440 bits per heavy atom. The number of aliphatic hydroxyl groups is 11. The predicted octanol–water partition coefficient (Wildman–Crippen LogP) is 6.76. The van der Waals surface area contributed by atoms with Gasteiger partial charge in [-0.25, -0.2) is 0 Å². The van der Waals surface area contributed by atoms with E-state index in [4.69, 9.17) is 28.4 Å². The predicted molar refractivity (Wildman–Crippen MR) is 323 cm³/mol. The molecule has 1 amide bonds. The van der Waals surface area contributed by atoms with E-state index in [-0.39, 0.29) is 18.9 Å². The molecule has 0 saturated carbocycles. The molecular formula is C65H111NO18. The van der Waals surface area contributed by atoms with Crippen LogP contribution in [-0.2, 0) is 33.2 Å². The molecule has 19 nitrogen and oxygen atoms in total. The maximum absolute atomic E-state index is 13.3. The summed E-state index contributed by atoms with van der Waals surface area (Å²) in [4.78, 5) is 13.3. The minimum atomic E-state index is -1.98. The fourth-order valence-electron chi connectivity index (χ4n) is 10.3. The van der Waals surface area contributed by atoms with Gasteiger partial charge in [0.25, 0.3) is 0 Å². The van der Waals surface area contributed by atoms with Gasteiger partial charge in [-0.15, -0.1) is 0 Å². The molecule has 12 N–H and O–H groups in total. The molecule has 19 heteroatoms. The minimum Gasteiger partial charge on any atom is -0.394 e. The van der Waals surface area contributed by atoms with Crippen LogP contribution in [-0.4, -0.2) is 193 Å². The largest absolute Gasteiger partial charge is 0.394 e. The Hall–Kier alpha value is -3.03. The molecule has 0 aromatic carbocycles. The normalized spacial score (nSPS) is 29.8. The Bertz CT molecular complexity index is 1860. The zero-order valence-electron chi connectivity index (χ0n) is 50.6. The zero-order valence-corrected chi connectivity index (χ0v) is 50.6. The van der Waals surface area contributed by atoms with Gasteiger partial charge in [-0.3, -0.25) is 4.79 Å². The summed E-state index contributed by atoms with van der Waals surface area (Å²) in [6.45, 7) is 1.53. The molecule has 3 saturated heterocycles. The molecule has 0 aliphatic carbocycles. The molecule has 3 aliphatic heterocycles. The smallest absolute Gasteiger partial charge is 0.220 e. The number of hydrogen-bond acceptors (Lipinski definition) is 18. The van der Waals surface area contributed by atoms with E-state index in [0.717, 1.165) is 103 Å². The fourth-order valence-corrected chi connectivity index (χ4v) is 10.3. The number of unbranched alkanes of at least 4 members (excludes halogenated alkanes) is 18. The number of ether oxygens (including phenoxy) is 6. The highest BCUT2D eigenvalue weighted by molar-refractivity contribution is 5.76. The minimum absolute atomic E-state index is 0.235. The van der Waals surface area contributed by atoms with E-state index in [0.29, 0.717) is 6.42 Å². The van der Waals surface area contributed by atoms with Crippen LogP contribution in [0.25, 0.3) is 0 Å². The lowest BCUT2D eigenvalue weighted by molar-refractivity contribution is -0.379. The van der Waals surface area contributed by atoms with Gasteiger partial charge < -0.3 is 89.9 Å². The van der Waals surface area contributed by atoms with Crippen LogP contribution in [0.5, 0.6) is 0 Å². The maximum atomic E-state index is 13.3. The van der Waals surface area contributed by atoms with Gasteiger partial charge in [0.1, 0.15) is 73.2 Å². The molecule has 0 spiro atoms. The highest BCUT2D eigenvalue weighted by atomic mass is 16.8. The molecule has 3 heterocycles. The van der Waals surface area contributed by atoms with Gasteiger partial charge in [0.2, 0.25) is 5.91 Å². The maximum Gasteiger partial charge on any atom is 0.220 e. The second kappa shape index (κ2) is 47.0. The van der Waals surface area contributed by atoms with Crippen LogP contribution in [0.3, 0.4) is 0 Å². The standard InChI is InChI=1S/C65H111NO18/c1-3-5-7-9-11-13-14-15-16-17-18-19-20-21-22-23-24-25-26-27-28-29-30-31-32-33-34-35-37-39-41-43-53(71)66-48(49(70)42-40-38-36-12-10-8-6-4-2)47-79-63-59(77)56(74)61(51(45-68)81-63)84-65-60(78)57(75)62(52(46-69)82-65)83-64-58(76)55(73)54(72)50(44-67)80-64/h5,7,11,13,15-16,18-19,21-22,24-25,40,42,48-52,54-65,67-70,72-78H,3-4,6,8-10,12,14,17,20,23,26-39,41,43-47H2,1-2H3,(H,66,71)/b7-5-,13-11-,16-15-,19-18-,22-21-,25-24-,42-40+. The Labute approximate surface area is 501 Å². The SMILES string of the molecule is CC/C=C\C/C=C\C/C=C\C/C=C\C/C=C\C/C=C\CCCCCCCCCCCCCCC(=O)NC(COC1OC(CO)C(OC2OC(CO)C(OC3OC(CO)C(O)C(O)C3O)C(O)C2O)C(O)C1O)C(O)/C=C/CCCCCCCC. The molecule has 0 bridgehead atoms. The first kappa shape index (κ1) is 75.2. The third-order valence-corrected chi connectivity index (χ3v) is 15.4. The number of amides is 1. The zero-order chi connectivity index (χ0) is 61.2. The van der Waals surface area contributed by atoms with Crippen LogP contribution < -0.4 is 5.32 Å². The van der Waals surface area contributed by atoms with Crippen LogP contribution in [0.15, 0.2) is 85.1 Å². The summed E-state index contributed by atoms with van der Waals surface area (Å²) in [7, 11) is 0. The lowest BCUT2D eigenvalue weighted by atomic mass is 9.96. The van der Waals surface area contributed by atoms with Crippen LogP contribution >= 0.6 is 0 Å². The number of aliphatic hydroxyl groups excluding tert-OH is 11. The van der Waals surface area contributed by atoms with Crippen molar-refractivity contribution in [2.24, 2.45) is 0 Å². The number of hydrogen-bond donors (Lipinski definition) is 12. The van der Waals surface area contributed by atoms with Crippen LogP contribution in [0.4, 0.5) is 0 Å². The molecule has 17 unspecified atom stereocenters. The second-order valence-electron chi connectivity index (χ2n) is 22.5. The lowest BCUT2D eigenvalue weighted by Crippen LogP contribution is -2.66. The molecule has 3 aliphatic rings. The fraction of sp³-hybridized carbons (Fsp3) is 0.769. The molecule has 3 fully saturated rings. The van der Waals surface area contributed by atoms with Crippen molar-refractivity contribution in [3.8, 4) is 0 Å². The van der Waals surface area contributed by atoms with Crippen molar-refractivity contribution in [3.05, 3.63) is 85.1 Å². The van der Waals surface area contributed by atoms with Crippen LogP contribution in [0, 0.1) is 0 Å². The van der Waals surface area contributed by atoms with E-state index in [1.54, 1.807) is 6.08 Å². The summed E-state index contributed by atoms with van der Waals surface area (Å²) in [5.74, 6) is -0.286. The van der Waals surface area contributed by atoms with E-state index < -0.39 is 124 Å². The van der Waals surface area contributed by atoms with Crippen molar-refractivity contribution < 1.29 is 89.4 Å². The Kier molecular flexibility index (Phi) is 42.1. The number of carbonyl (C=O) groups excluding carboxylic acids is 1. The van der Waals surface area contributed by atoms with Gasteiger partial charge in [-0.05, 0) is 70.6 Å². The Morgan fingerprint density at radius 2 is 0.821 bits per heavy atom. The Morgan fingerprint density at radius 3 is 1.29 bits per heavy atom.